The Hall–Kier alpha value is -1.92. The van der Waals surface area contributed by atoms with Gasteiger partial charge in [-0.1, -0.05) is 333 Å². The minimum atomic E-state index is -0.846. The van der Waals surface area contributed by atoms with Crippen molar-refractivity contribution in [2.75, 3.05) is 13.2 Å². The van der Waals surface area contributed by atoms with E-state index < -0.39 is 12.1 Å². The highest BCUT2D eigenvalue weighted by atomic mass is 16.5. The van der Waals surface area contributed by atoms with Gasteiger partial charge in [0.1, 0.15) is 0 Å². The number of nitrogens with one attached hydrogen (secondary N) is 1. The Morgan fingerprint density at radius 2 is 0.658 bits per heavy atom. The van der Waals surface area contributed by atoms with Gasteiger partial charge in [-0.15, -0.1) is 0 Å². The Balaban J connectivity index is 3.41. The molecule has 0 fully saturated rings. The molecular formula is C70H133NO5. The van der Waals surface area contributed by atoms with Gasteiger partial charge in [0.2, 0.25) is 5.91 Å². The Morgan fingerprint density at radius 3 is 1.01 bits per heavy atom. The van der Waals surface area contributed by atoms with Crippen LogP contribution in [0.1, 0.15) is 373 Å². The van der Waals surface area contributed by atoms with E-state index in [-0.39, 0.29) is 18.5 Å². The number of rotatable bonds is 64. The molecular weight excluding hydrogens is 935 g/mol. The molecule has 0 radical (unpaired) electrons. The summed E-state index contributed by atoms with van der Waals surface area (Å²) in [4.78, 5) is 24.6. The highest BCUT2D eigenvalue weighted by Crippen LogP contribution is 2.18. The molecule has 1 amide bonds. The smallest absolute Gasteiger partial charge is 0.305 e. The van der Waals surface area contributed by atoms with Crippen LogP contribution in [0.4, 0.5) is 0 Å². The summed E-state index contributed by atoms with van der Waals surface area (Å²) in [5.74, 6) is -0.0653. The molecule has 0 rings (SSSR count). The topological polar surface area (TPSA) is 95.9 Å². The van der Waals surface area contributed by atoms with Crippen LogP contribution in [-0.4, -0.2) is 47.4 Å². The average Bonchev–Trinajstić information content (AvgIpc) is 3.42. The molecule has 0 aromatic carbocycles. The first-order chi connectivity index (χ1) is 37.5. The molecule has 0 saturated heterocycles. The van der Waals surface area contributed by atoms with E-state index in [1.165, 1.54) is 295 Å². The highest BCUT2D eigenvalue weighted by Gasteiger charge is 2.18. The largest absolute Gasteiger partial charge is 0.466 e. The van der Waals surface area contributed by atoms with Crippen molar-refractivity contribution >= 4 is 11.9 Å². The Labute approximate surface area is 474 Å². The maximum atomic E-state index is 12.5. The Kier molecular flexibility index (Phi) is 63.9. The minimum Gasteiger partial charge on any atom is -0.466 e. The van der Waals surface area contributed by atoms with Crippen LogP contribution in [0.25, 0.3) is 0 Å². The lowest BCUT2D eigenvalue weighted by Crippen LogP contribution is -2.45. The van der Waals surface area contributed by atoms with Crippen molar-refractivity contribution in [1.29, 1.82) is 0 Å². The second kappa shape index (κ2) is 65.6. The molecule has 0 aliphatic heterocycles. The number of carbonyl (C=O) groups is 2. The SMILES string of the molecule is CCCCCC/C=C\C/C=C\CCCCCCCC(=O)OCCCCCCCCCCCCCCCCCCCCCCCCC(=O)NC(CO)C(O)/C=C/CCCCCCCCCCCCCCCCCCCCC. The van der Waals surface area contributed by atoms with Crippen molar-refractivity contribution in [2.24, 2.45) is 0 Å². The second-order valence-corrected chi connectivity index (χ2v) is 23.5. The lowest BCUT2D eigenvalue weighted by molar-refractivity contribution is -0.143. The van der Waals surface area contributed by atoms with E-state index in [2.05, 4.69) is 43.5 Å². The molecule has 0 bridgehead atoms. The predicted octanol–water partition coefficient (Wildman–Crippen LogP) is 21.9. The van der Waals surface area contributed by atoms with Crippen LogP contribution >= 0.6 is 0 Å². The van der Waals surface area contributed by atoms with Crippen molar-refractivity contribution in [3.05, 3.63) is 36.5 Å². The molecule has 2 unspecified atom stereocenters. The van der Waals surface area contributed by atoms with Gasteiger partial charge in [0, 0.05) is 12.8 Å². The molecule has 2 atom stereocenters. The standard InChI is InChI=1S/C70H133NO5/c1-3-5-7-9-11-13-15-17-19-21-22-25-28-31-34-38-42-46-50-54-58-62-68(73)67(66-72)71-69(74)63-59-55-51-47-43-39-35-32-29-26-23-24-27-30-33-37-41-45-49-53-57-61-65-76-70(75)64-60-56-52-48-44-40-36-20-18-16-14-12-10-8-6-4-2/h14,16,20,36,58,62,67-68,72-73H,3-13,15,17-19,21-35,37-57,59-61,63-66H2,1-2H3,(H,71,74)/b16-14-,36-20-,62-58+. The van der Waals surface area contributed by atoms with Crippen molar-refractivity contribution in [2.45, 2.75) is 386 Å². The number of aliphatic hydroxyl groups excluding tert-OH is 2. The molecule has 0 spiro atoms. The summed E-state index contributed by atoms with van der Waals surface area (Å²) in [6.07, 6.45) is 83.5. The number of amides is 1. The summed E-state index contributed by atoms with van der Waals surface area (Å²) in [6.45, 7) is 4.91. The number of esters is 1. The van der Waals surface area contributed by atoms with Crippen LogP contribution in [-0.2, 0) is 14.3 Å². The number of allylic oxidation sites excluding steroid dienone is 5. The van der Waals surface area contributed by atoms with Gasteiger partial charge in [0.15, 0.2) is 0 Å². The van der Waals surface area contributed by atoms with Crippen LogP contribution in [0.2, 0.25) is 0 Å². The van der Waals surface area contributed by atoms with E-state index in [4.69, 9.17) is 4.74 Å². The molecule has 0 aliphatic carbocycles. The summed E-state index contributed by atoms with van der Waals surface area (Å²) in [5, 5.41) is 23.2. The average molecular weight is 1070 g/mol. The Bertz CT molecular complexity index is 1230. The number of carbonyl (C=O) groups excluding carboxylic acids is 2. The zero-order chi connectivity index (χ0) is 55.0. The van der Waals surface area contributed by atoms with Gasteiger partial charge < -0.3 is 20.3 Å². The van der Waals surface area contributed by atoms with E-state index >= 15 is 0 Å². The molecule has 0 heterocycles. The lowest BCUT2D eigenvalue weighted by Gasteiger charge is -2.20. The zero-order valence-corrected chi connectivity index (χ0v) is 51.3. The third-order valence-corrected chi connectivity index (χ3v) is 15.9. The van der Waals surface area contributed by atoms with Crippen molar-refractivity contribution in [3.63, 3.8) is 0 Å². The summed E-state index contributed by atoms with van der Waals surface area (Å²) < 4.78 is 5.49. The summed E-state index contributed by atoms with van der Waals surface area (Å²) in [6, 6.07) is -0.630. The fourth-order valence-electron chi connectivity index (χ4n) is 10.7. The van der Waals surface area contributed by atoms with Gasteiger partial charge in [-0.3, -0.25) is 9.59 Å². The van der Waals surface area contributed by atoms with Crippen molar-refractivity contribution < 1.29 is 24.5 Å². The first-order valence-electron chi connectivity index (χ1n) is 34.3. The molecule has 0 aliphatic rings. The quantitative estimate of drug-likeness (QED) is 0.0320. The summed E-state index contributed by atoms with van der Waals surface area (Å²) in [5.41, 5.74) is 0. The first-order valence-corrected chi connectivity index (χ1v) is 34.3. The predicted molar refractivity (Wildman–Crippen MR) is 333 cm³/mol. The number of hydrogen-bond acceptors (Lipinski definition) is 5. The monoisotopic (exact) mass is 1070 g/mol. The van der Waals surface area contributed by atoms with E-state index in [0.717, 1.165) is 51.4 Å². The lowest BCUT2D eigenvalue weighted by atomic mass is 10.0. The maximum Gasteiger partial charge on any atom is 0.305 e. The number of unbranched alkanes of at least 4 members (excludes halogenated alkanes) is 49. The fourth-order valence-corrected chi connectivity index (χ4v) is 10.7. The molecule has 6 nitrogen and oxygen atoms in total. The molecule has 3 N–H and O–H groups in total. The minimum absolute atomic E-state index is 0.000281. The van der Waals surface area contributed by atoms with Gasteiger partial charge in [-0.2, -0.15) is 0 Å². The van der Waals surface area contributed by atoms with Gasteiger partial charge in [-0.25, -0.2) is 0 Å². The number of hydrogen-bond donors (Lipinski definition) is 3. The van der Waals surface area contributed by atoms with Crippen molar-refractivity contribution in [1.82, 2.24) is 5.32 Å². The number of ether oxygens (including phenoxy) is 1. The van der Waals surface area contributed by atoms with E-state index in [1.807, 2.05) is 6.08 Å². The van der Waals surface area contributed by atoms with Gasteiger partial charge in [-0.05, 0) is 64.2 Å². The van der Waals surface area contributed by atoms with Crippen LogP contribution in [0.5, 0.6) is 0 Å². The first kappa shape index (κ1) is 74.1. The third-order valence-electron chi connectivity index (χ3n) is 15.9. The molecule has 0 aromatic rings. The van der Waals surface area contributed by atoms with Gasteiger partial charge >= 0.3 is 5.97 Å². The summed E-state index contributed by atoms with van der Waals surface area (Å²) >= 11 is 0. The molecule has 6 heteroatoms. The maximum absolute atomic E-state index is 12.5. The summed E-state index contributed by atoms with van der Waals surface area (Å²) in [7, 11) is 0. The van der Waals surface area contributed by atoms with Crippen LogP contribution in [0, 0.1) is 0 Å². The van der Waals surface area contributed by atoms with Gasteiger partial charge in [0.05, 0.1) is 25.4 Å². The van der Waals surface area contributed by atoms with Gasteiger partial charge in [0.25, 0.3) is 0 Å². The molecule has 76 heavy (non-hydrogen) atoms. The van der Waals surface area contributed by atoms with Crippen LogP contribution < -0.4 is 5.32 Å². The van der Waals surface area contributed by atoms with E-state index in [9.17, 15) is 19.8 Å². The second-order valence-electron chi connectivity index (χ2n) is 23.5. The van der Waals surface area contributed by atoms with Crippen LogP contribution in [0.15, 0.2) is 36.5 Å². The zero-order valence-electron chi connectivity index (χ0n) is 51.3. The number of aliphatic hydroxyl groups is 2. The van der Waals surface area contributed by atoms with Crippen molar-refractivity contribution in [3.8, 4) is 0 Å². The fraction of sp³-hybridized carbons (Fsp3) is 0.886. The normalized spacial score (nSPS) is 12.7. The highest BCUT2D eigenvalue weighted by molar-refractivity contribution is 5.76. The van der Waals surface area contributed by atoms with Crippen LogP contribution in [0.3, 0.4) is 0 Å². The third kappa shape index (κ3) is 61.3. The Morgan fingerprint density at radius 1 is 0.368 bits per heavy atom. The molecule has 0 aromatic heterocycles. The molecule has 448 valence electrons. The van der Waals surface area contributed by atoms with E-state index in [1.54, 1.807) is 6.08 Å². The molecule has 0 saturated carbocycles. The van der Waals surface area contributed by atoms with E-state index in [0.29, 0.717) is 19.4 Å².